The summed E-state index contributed by atoms with van der Waals surface area (Å²) >= 11 is 0. The average Bonchev–Trinajstić information content (AvgIpc) is 2.36. The predicted octanol–water partition coefficient (Wildman–Crippen LogP) is 4.88. The first-order valence-electron chi connectivity index (χ1n) is 8.28. The molecule has 0 spiro atoms. The molecule has 0 rings (SSSR count). The highest BCUT2D eigenvalue weighted by molar-refractivity contribution is 5.82. The maximum atomic E-state index is 11.4. The summed E-state index contributed by atoms with van der Waals surface area (Å²) in [6.45, 7) is 5.93. The zero-order valence-corrected chi connectivity index (χ0v) is 13.3. The van der Waals surface area contributed by atoms with Crippen LogP contribution in [0.3, 0.4) is 0 Å². The van der Waals surface area contributed by atoms with Gasteiger partial charge in [0.2, 0.25) is 0 Å². The van der Waals surface area contributed by atoms with Crippen LogP contribution >= 0.6 is 0 Å². The fourth-order valence-corrected chi connectivity index (χ4v) is 2.42. The first kappa shape index (κ1) is 18.6. The van der Waals surface area contributed by atoms with Crippen molar-refractivity contribution in [2.45, 2.75) is 97.5 Å². The number of carbonyl (C=O) groups is 1. The number of unbranched alkanes of at least 4 members (excludes halogenated alkanes) is 8. The van der Waals surface area contributed by atoms with Gasteiger partial charge in [0.1, 0.15) is 6.10 Å². The van der Waals surface area contributed by atoms with Gasteiger partial charge in [-0.2, -0.15) is 0 Å². The van der Waals surface area contributed by atoms with Crippen LogP contribution in [0.25, 0.3) is 0 Å². The first-order chi connectivity index (χ1) is 9.07. The second kappa shape index (κ2) is 12.7. The summed E-state index contributed by atoms with van der Waals surface area (Å²) in [6.07, 6.45) is 13.0. The second-order valence-electron chi connectivity index (χ2n) is 6.07. The predicted molar refractivity (Wildman–Crippen MR) is 82.3 cm³/mol. The molecule has 0 aromatic rings. The molecule has 19 heavy (non-hydrogen) atoms. The largest absolute Gasteiger partial charge is 0.386 e. The maximum Gasteiger partial charge on any atom is 0.161 e. The molecule has 0 saturated carbocycles. The van der Waals surface area contributed by atoms with E-state index in [0.29, 0.717) is 12.3 Å². The molecular formula is C17H34O2. The molecule has 1 N–H and O–H groups in total. The molecule has 0 aliphatic heterocycles. The summed E-state index contributed by atoms with van der Waals surface area (Å²) in [4.78, 5) is 11.4. The quantitative estimate of drug-likeness (QED) is 0.484. The number of hydrogen-bond acceptors (Lipinski definition) is 2. The molecule has 2 nitrogen and oxygen atoms in total. The molecule has 114 valence electrons. The summed E-state index contributed by atoms with van der Waals surface area (Å²) in [5.41, 5.74) is 0. The Kier molecular flexibility index (Phi) is 12.4. The summed E-state index contributed by atoms with van der Waals surface area (Å²) in [5, 5.41) is 9.15. The van der Waals surface area contributed by atoms with Crippen LogP contribution < -0.4 is 0 Å². The van der Waals surface area contributed by atoms with E-state index in [2.05, 4.69) is 13.8 Å². The van der Waals surface area contributed by atoms with Gasteiger partial charge in [-0.1, -0.05) is 78.1 Å². The highest BCUT2D eigenvalue weighted by atomic mass is 16.3. The van der Waals surface area contributed by atoms with Gasteiger partial charge in [-0.3, -0.25) is 4.79 Å². The van der Waals surface area contributed by atoms with Crippen molar-refractivity contribution in [1.82, 2.24) is 0 Å². The van der Waals surface area contributed by atoms with E-state index in [-0.39, 0.29) is 5.78 Å². The van der Waals surface area contributed by atoms with Gasteiger partial charge in [-0.15, -0.1) is 0 Å². The van der Waals surface area contributed by atoms with Gasteiger partial charge < -0.3 is 5.11 Å². The highest BCUT2D eigenvalue weighted by Gasteiger charge is 2.13. The molecular weight excluding hydrogens is 236 g/mol. The number of rotatable bonds is 13. The molecule has 0 heterocycles. The molecule has 1 unspecified atom stereocenters. The molecule has 0 aliphatic rings. The Morgan fingerprint density at radius 3 is 1.84 bits per heavy atom. The van der Waals surface area contributed by atoms with E-state index in [9.17, 15) is 4.79 Å². The van der Waals surface area contributed by atoms with E-state index in [4.69, 9.17) is 5.11 Å². The zero-order valence-electron chi connectivity index (χ0n) is 13.3. The van der Waals surface area contributed by atoms with Gasteiger partial charge in [-0.25, -0.2) is 0 Å². The van der Waals surface area contributed by atoms with E-state index >= 15 is 0 Å². The Labute approximate surface area is 120 Å². The number of aliphatic hydroxyl groups excluding tert-OH is 1. The van der Waals surface area contributed by atoms with E-state index < -0.39 is 6.10 Å². The summed E-state index contributed by atoms with van der Waals surface area (Å²) in [6, 6.07) is 0. The molecule has 2 heteroatoms. The van der Waals surface area contributed by atoms with Gasteiger partial charge >= 0.3 is 0 Å². The monoisotopic (exact) mass is 270 g/mol. The number of ketones is 1. The van der Waals surface area contributed by atoms with Gasteiger partial charge in [0.25, 0.3) is 0 Å². The van der Waals surface area contributed by atoms with Crippen molar-refractivity contribution in [1.29, 1.82) is 0 Å². The molecule has 0 bridgehead atoms. The third kappa shape index (κ3) is 12.4. The Bertz CT molecular complexity index is 211. The van der Waals surface area contributed by atoms with Crippen LogP contribution in [0.5, 0.6) is 0 Å². The van der Waals surface area contributed by atoms with E-state index in [1.54, 1.807) is 6.92 Å². The number of aliphatic hydroxyl groups is 1. The third-order valence-corrected chi connectivity index (χ3v) is 3.82. The Morgan fingerprint density at radius 2 is 1.37 bits per heavy atom. The lowest BCUT2D eigenvalue weighted by molar-refractivity contribution is -0.127. The highest BCUT2D eigenvalue weighted by Crippen LogP contribution is 2.16. The summed E-state index contributed by atoms with van der Waals surface area (Å²) in [7, 11) is 0. The standard InChI is InChI=1S/C17H34O2/c1-4-5-6-7-8-9-10-11-12-13-15(2)14-17(19)16(3)18/h15-16,18H,4-14H2,1-3H3/t15?,16-/m0/s1. The Balaban J connectivity index is 3.27. The third-order valence-electron chi connectivity index (χ3n) is 3.82. The first-order valence-corrected chi connectivity index (χ1v) is 8.28. The zero-order chi connectivity index (χ0) is 14.5. The van der Waals surface area contributed by atoms with Crippen LogP contribution in [0, 0.1) is 5.92 Å². The topological polar surface area (TPSA) is 37.3 Å². The molecule has 0 amide bonds. The average molecular weight is 270 g/mol. The normalized spacial score (nSPS) is 14.3. The smallest absolute Gasteiger partial charge is 0.161 e. The van der Waals surface area contributed by atoms with E-state index in [0.717, 1.165) is 6.42 Å². The minimum atomic E-state index is -0.787. The minimum absolute atomic E-state index is 0.0107. The Morgan fingerprint density at radius 1 is 0.895 bits per heavy atom. The van der Waals surface area contributed by atoms with Crippen molar-refractivity contribution < 1.29 is 9.90 Å². The van der Waals surface area contributed by atoms with Crippen molar-refractivity contribution >= 4 is 5.78 Å². The van der Waals surface area contributed by atoms with Gasteiger partial charge in [0, 0.05) is 6.42 Å². The fourth-order valence-electron chi connectivity index (χ4n) is 2.42. The van der Waals surface area contributed by atoms with Gasteiger partial charge in [-0.05, 0) is 12.8 Å². The molecule has 2 atom stereocenters. The van der Waals surface area contributed by atoms with E-state index in [1.807, 2.05) is 0 Å². The number of hydrogen-bond donors (Lipinski definition) is 1. The SMILES string of the molecule is CCCCCCCCCCCC(C)CC(=O)[C@H](C)O. The number of carbonyl (C=O) groups excluding carboxylic acids is 1. The lowest BCUT2D eigenvalue weighted by Gasteiger charge is -2.11. The summed E-state index contributed by atoms with van der Waals surface area (Å²) in [5.74, 6) is 0.412. The minimum Gasteiger partial charge on any atom is -0.386 e. The van der Waals surface area contributed by atoms with Crippen molar-refractivity contribution in [2.24, 2.45) is 5.92 Å². The maximum absolute atomic E-state index is 11.4. The molecule has 0 saturated heterocycles. The lowest BCUT2D eigenvalue weighted by atomic mass is 9.95. The van der Waals surface area contributed by atoms with Gasteiger partial charge in [0.15, 0.2) is 5.78 Å². The van der Waals surface area contributed by atoms with Gasteiger partial charge in [0.05, 0.1) is 0 Å². The molecule has 0 radical (unpaired) electrons. The molecule has 0 aliphatic carbocycles. The van der Waals surface area contributed by atoms with Crippen LogP contribution in [0.15, 0.2) is 0 Å². The molecule has 0 aromatic heterocycles. The van der Waals surface area contributed by atoms with Crippen molar-refractivity contribution in [3.05, 3.63) is 0 Å². The van der Waals surface area contributed by atoms with Crippen LogP contribution in [-0.4, -0.2) is 17.0 Å². The van der Waals surface area contributed by atoms with Crippen molar-refractivity contribution in [3.8, 4) is 0 Å². The fraction of sp³-hybridized carbons (Fsp3) is 0.941. The second-order valence-corrected chi connectivity index (χ2v) is 6.07. The lowest BCUT2D eigenvalue weighted by Crippen LogP contribution is -2.18. The summed E-state index contributed by atoms with van der Waals surface area (Å²) < 4.78 is 0. The van der Waals surface area contributed by atoms with Crippen LogP contribution in [0.4, 0.5) is 0 Å². The van der Waals surface area contributed by atoms with Crippen molar-refractivity contribution in [2.75, 3.05) is 0 Å². The van der Waals surface area contributed by atoms with Crippen LogP contribution in [0.2, 0.25) is 0 Å². The molecule has 0 aromatic carbocycles. The van der Waals surface area contributed by atoms with Crippen LogP contribution in [-0.2, 0) is 4.79 Å². The number of Topliss-reactive ketones (excluding diaryl/α,β-unsaturated/α-hetero) is 1. The molecule has 0 fully saturated rings. The Hall–Kier alpha value is -0.370. The van der Waals surface area contributed by atoms with Crippen LogP contribution in [0.1, 0.15) is 91.4 Å². The van der Waals surface area contributed by atoms with E-state index in [1.165, 1.54) is 57.8 Å². The van der Waals surface area contributed by atoms with Crippen molar-refractivity contribution in [3.63, 3.8) is 0 Å².